The lowest BCUT2D eigenvalue weighted by Gasteiger charge is -2.18. The highest BCUT2D eigenvalue weighted by Gasteiger charge is 2.13. The van der Waals surface area contributed by atoms with Crippen molar-refractivity contribution in [1.82, 2.24) is 4.90 Å². The third kappa shape index (κ3) is 5.27. The molecule has 0 aliphatic carbocycles. The van der Waals surface area contributed by atoms with E-state index in [4.69, 9.17) is 21.1 Å². The van der Waals surface area contributed by atoms with Gasteiger partial charge in [0, 0.05) is 31.3 Å². The molecule has 2 rings (SSSR count). The molecule has 122 valence electrons. The predicted octanol–water partition coefficient (Wildman–Crippen LogP) is 3.78. The van der Waals surface area contributed by atoms with Crippen molar-refractivity contribution in [2.75, 3.05) is 27.3 Å². The number of hydrogen-bond acceptors (Lipinski definition) is 3. The van der Waals surface area contributed by atoms with Crippen molar-refractivity contribution in [3.8, 4) is 11.5 Å². The smallest absolute Gasteiger partial charge is 0.226 e. The van der Waals surface area contributed by atoms with E-state index < -0.39 is 0 Å². The zero-order valence-corrected chi connectivity index (χ0v) is 14.0. The van der Waals surface area contributed by atoms with Crippen LogP contribution in [-0.2, 0) is 16.0 Å². The van der Waals surface area contributed by atoms with Gasteiger partial charge in [0.2, 0.25) is 5.91 Å². The number of para-hydroxylation sites is 1. The minimum absolute atomic E-state index is 0.0224. The van der Waals surface area contributed by atoms with Crippen LogP contribution in [0.3, 0.4) is 0 Å². The first-order valence-electron chi connectivity index (χ1n) is 7.34. The summed E-state index contributed by atoms with van der Waals surface area (Å²) in [5, 5.41) is 0.653. The Bertz CT molecular complexity index is 643. The second-order valence-electron chi connectivity index (χ2n) is 5.15. The second kappa shape index (κ2) is 8.56. The van der Waals surface area contributed by atoms with Gasteiger partial charge in [0.25, 0.3) is 0 Å². The maximum Gasteiger partial charge on any atom is 0.226 e. The van der Waals surface area contributed by atoms with E-state index in [9.17, 15) is 4.79 Å². The molecule has 23 heavy (non-hydrogen) atoms. The number of hydrogen-bond donors (Lipinski definition) is 0. The fraction of sp³-hybridized carbons (Fsp3) is 0.278. The van der Waals surface area contributed by atoms with Gasteiger partial charge in [-0.3, -0.25) is 4.79 Å². The molecule has 0 N–H and O–H groups in total. The van der Waals surface area contributed by atoms with Gasteiger partial charge in [-0.25, -0.2) is 0 Å². The highest BCUT2D eigenvalue weighted by atomic mass is 35.5. The molecule has 4 nitrogen and oxygen atoms in total. The van der Waals surface area contributed by atoms with Crippen molar-refractivity contribution in [3.05, 3.63) is 59.1 Å². The van der Waals surface area contributed by atoms with Crippen LogP contribution in [0.15, 0.2) is 48.5 Å². The van der Waals surface area contributed by atoms with Crippen LogP contribution in [-0.4, -0.2) is 38.1 Å². The van der Waals surface area contributed by atoms with Crippen LogP contribution < -0.4 is 4.74 Å². The van der Waals surface area contributed by atoms with E-state index >= 15 is 0 Å². The highest BCUT2D eigenvalue weighted by molar-refractivity contribution is 6.30. The van der Waals surface area contributed by atoms with E-state index in [0.717, 1.165) is 5.56 Å². The molecule has 0 aromatic heterocycles. The Morgan fingerprint density at radius 3 is 2.52 bits per heavy atom. The lowest BCUT2D eigenvalue weighted by atomic mass is 10.1. The number of carbonyl (C=O) groups excluding carboxylic acids is 1. The van der Waals surface area contributed by atoms with Crippen LogP contribution in [0.1, 0.15) is 5.56 Å². The van der Waals surface area contributed by atoms with Crippen LogP contribution >= 0.6 is 11.6 Å². The number of rotatable bonds is 7. The van der Waals surface area contributed by atoms with Crippen LogP contribution in [0, 0.1) is 0 Å². The summed E-state index contributed by atoms with van der Waals surface area (Å²) in [6.07, 6.45) is 0.282. The number of likely N-dealkylation sites (N-methyl/N-ethyl adjacent to an activating group) is 1. The van der Waals surface area contributed by atoms with E-state index in [1.807, 2.05) is 24.3 Å². The van der Waals surface area contributed by atoms with Crippen LogP contribution in [0.4, 0.5) is 0 Å². The number of carbonyl (C=O) groups is 1. The molecular formula is C18H20ClNO3. The minimum Gasteiger partial charge on any atom is -0.457 e. The van der Waals surface area contributed by atoms with Gasteiger partial charge in [-0.05, 0) is 30.3 Å². The van der Waals surface area contributed by atoms with Gasteiger partial charge in [-0.1, -0.05) is 29.8 Å². The third-order valence-electron chi connectivity index (χ3n) is 3.41. The first-order chi connectivity index (χ1) is 11.1. The molecular weight excluding hydrogens is 314 g/mol. The quantitative estimate of drug-likeness (QED) is 0.774. The Kier molecular flexibility index (Phi) is 6.44. The number of halogens is 1. The van der Waals surface area contributed by atoms with Crippen LogP contribution in [0.2, 0.25) is 5.02 Å². The van der Waals surface area contributed by atoms with Crippen LogP contribution in [0.25, 0.3) is 0 Å². The molecule has 0 aliphatic rings. The van der Waals surface area contributed by atoms with E-state index in [2.05, 4.69) is 0 Å². The fourth-order valence-electron chi connectivity index (χ4n) is 2.03. The Labute approximate surface area is 141 Å². The molecule has 2 aromatic rings. The standard InChI is InChI=1S/C18H20ClNO3/c1-20(11-12-22-2)18(21)13-14-5-3-4-6-17(14)23-16-9-7-15(19)8-10-16/h3-10H,11-13H2,1-2H3. The predicted molar refractivity (Wildman–Crippen MR) is 91.2 cm³/mol. The van der Waals surface area contributed by atoms with Crippen molar-refractivity contribution < 1.29 is 14.3 Å². The highest BCUT2D eigenvalue weighted by Crippen LogP contribution is 2.26. The summed E-state index contributed by atoms with van der Waals surface area (Å²) in [7, 11) is 3.39. The molecule has 0 unspecified atom stereocenters. The van der Waals surface area contributed by atoms with E-state index in [0.29, 0.717) is 29.7 Å². The molecule has 0 radical (unpaired) electrons. The van der Waals surface area contributed by atoms with Crippen molar-refractivity contribution >= 4 is 17.5 Å². The molecule has 5 heteroatoms. The summed E-state index contributed by atoms with van der Waals surface area (Å²) in [6, 6.07) is 14.7. The van der Waals surface area contributed by atoms with Crippen LogP contribution in [0.5, 0.6) is 11.5 Å². The summed E-state index contributed by atoms with van der Waals surface area (Å²) in [4.78, 5) is 13.9. The Morgan fingerprint density at radius 1 is 1.13 bits per heavy atom. The first kappa shape index (κ1) is 17.3. The van der Waals surface area contributed by atoms with Gasteiger partial charge in [0.1, 0.15) is 11.5 Å². The average molecular weight is 334 g/mol. The lowest BCUT2D eigenvalue weighted by molar-refractivity contribution is -0.129. The number of ether oxygens (including phenoxy) is 2. The molecule has 0 aliphatic heterocycles. The SMILES string of the molecule is COCCN(C)C(=O)Cc1ccccc1Oc1ccc(Cl)cc1. The molecule has 0 saturated heterocycles. The summed E-state index contributed by atoms with van der Waals surface area (Å²) in [6.45, 7) is 1.08. The molecule has 0 atom stereocenters. The largest absolute Gasteiger partial charge is 0.457 e. The molecule has 0 bridgehead atoms. The molecule has 0 fully saturated rings. The van der Waals surface area contributed by atoms with Gasteiger partial charge in [0.05, 0.1) is 13.0 Å². The number of methoxy groups -OCH3 is 1. The summed E-state index contributed by atoms with van der Waals surface area (Å²) in [5.74, 6) is 1.37. The Hall–Kier alpha value is -2.04. The summed E-state index contributed by atoms with van der Waals surface area (Å²) in [5.41, 5.74) is 0.844. The van der Waals surface area contributed by atoms with E-state index in [1.54, 1.807) is 43.3 Å². The van der Waals surface area contributed by atoms with E-state index in [1.165, 1.54) is 0 Å². The maximum absolute atomic E-state index is 12.3. The van der Waals surface area contributed by atoms with Gasteiger partial charge in [-0.2, -0.15) is 0 Å². The number of benzene rings is 2. The topological polar surface area (TPSA) is 38.8 Å². The van der Waals surface area contributed by atoms with E-state index in [-0.39, 0.29) is 12.3 Å². The molecule has 0 spiro atoms. The monoisotopic (exact) mass is 333 g/mol. The Balaban J connectivity index is 2.08. The lowest BCUT2D eigenvalue weighted by Crippen LogP contribution is -2.31. The normalized spacial score (nSPS) is 10.4. The van der Waals surface area contributed by atoms with Crippen molar-refractivity contribution in [2.24, 2.45) is 0 Å². The number of nitrogens with zero attached hydrogens (tertiary/aromatic N) is 1. The van der Waals surface area contributed by atoms with Crippen molar-refractivity contribution in [2.45, 2.75) is 6.42 Å². The average Bonchev–Trinajstić information content (AvgIpc) is 2.56. The summed E-state index contributed by atoms with van der Waals surface area (Å²) < 4.78 is 10.9. The van der Waals surface area contributed by atoms with Crippen molar-refractivity contribution in [3.63, 3.8) is 0 Å². The fourth-order valence-corrected chi connectivity index (χ4v) is 2.16. The molecule has 2 aromatic carbocycles. The van der Waals surface area contributed by atoms with Gasteiger partial charge in [0.15, 0.2) is 0 Å². The minimum atomic E-state index is 0.0224. The first-order valence-corrected chi connectivity index (χ1v) is 7.72. The van der Waals surface area contributed by atoms with Gasteiger partial charge >= 0.3 is 0 Å². The number of amides is 1. The molecule has 0 saturated carbocycles. The zero-order valence-electron chi connectivity index (χ0n) is 13.3. The second-order valence-corrected chi connectivity index (χ2v) is 5.59. The molecule has 1 amide bonds. The third-order valence-corrected chi connectivity index (χ3v) is 3.66. The summed E-state index contributed by atoms with van der Waals surface area (Å²) >= 11 is 5.88. The van der Waals surface area contributed by atoms with Crippen molar-refractivity contribution in [1.29, 1.82) is 0 Å². The van der Waals surface area contributed by atoms with Gasteiger partial charge in [-0.15, -0.1) is 0 Å². The maximum atomic E-state index is 12.3. The Morgan fingerprint density at radius 2 is 1.83 bits per heavy atom. The zero-order chi connectivity index (χ0) is 16.7. The molecule has 0 heterocycles. The van der Waals surface area contributed by atoms with Gasteiger partial charge < -0.3 is 14.4 Å².